The number of ether oxygens (including phenoxy) is 1. The predicted octanol–water partition coefficient (Wildman–Crippen LogP) is 3.47. The number of hydrogen-bond acceptors (Lipinski definition) is 5. The van der Waals surface area contributed by atoms with E-state index in [1.165, 1.54) is 34.9 Å². The molecule has 28 heavy (non-hydrogen) atoms. The lowest BCUT2D eigenvalue weighted by molar-refractivity contribution is -0.135. The van der Waals surface area contributed by atoms with E-state index in [4.69, 9.17) is 16.3 Å². The van der Waals surface area contributed by atoms with Gasteiger partial charge >= 0.3 is 0 Å². The van der Waals surface area contributed by atoms with Crippen LogP contribution in [0.1, 0.15) is 17.7 Å². The molecule has 1 amide bonds. The molecule has 6 nitrogen and oxygen atoms in total. The van der Waals surface area contributed by atoms with Crippen molar-refractivity contribution in [3.05, 3.63) is 45.6 Å². The topological polar surface area (TPSA) is 66.9 Å². The van der Waals surface area contributed by atoms with Crippen LogP contribution in [0.15, 0.2) is 41.3 Å². The number of methoxy groups -OCH3 is 1. The lowest BCUT2D eigenvalue weighted by atomic mass is 9.98. The Balaban J connectivity index is 1.69. The second-order valence-corrected chi connectivity index (χ2v) is 10.5. The molecule has 152 valence electrons. The van der Waals surface area contributed by atoms with E-state index in [0.717, 1.165) is 4.88 Å². The van der Waals surface area contributed by atoms with Crippen LogP contribution in [0.4, 0.5) is 0 Å². The first-order valence-electron chi connectivity index (χ1n) is 8.94. The highest BCUT2D eigenvalue weighted by Crippen LogP contribution is 2.27. The van der Waals surface area contributed by atoms with Crippen LogP contribution in [0.5, 0.6) is 5.75 Å². The minimum Gasteiger partial charge on any atom is -0.497 e. The molecule has 9 heteroatoms. The number of piperidine rings is 1. The van der Waals surface area contributed by atoms with Crippen molar-refractivity contribution in [3.63, 3.8) is 0 Å². The highest BCUT2D eigenvalue weighted by atomic mass is 35.5. The number of sulfonamides is 1. The summed E-state index contributed by atoms with van der Waals surface area (Å²) in [7, 11) is -0.367. The van der Waals surface area contributed by atoms with Crippen molar-refractivity contribution in [1.29, 1.82) is 0 Å². The Morgan fingerprint density at radius 3 is 2.61 bits per heavy atom. The Morgan fingerprint density at radius 1 is 1.29 bits per heavy atom. The first-order chi connectivity index (χ1) is 13.3. The summed E-state index contributed by atoms with van der Waals surface area (Å²) in [4.78, 5) is 15.7. The van der Waals surface area contributed by atoms with Crippen LogP contribution < -0.4 is 4.74 Å². The first-order valence-corrected chi connectivity index (χ1v) is 11.6. The Morgan fingerprint density at radius 2 is 2.00 bits per heavy atom. The molecule has 2 aromatic rings. The van der Waals surface area contributed by atoms with E-state index in [1.54, 1.807) is 24.1 Å². The minimum absolute atomic E-state index is 0.0425. The van der Waals surface area contributed by atoms with Gasteiger partial charge in [-0.05, 0) is 49.2 Å². The molecule has 0 unspecified atom stereocenters. The number of amides is 1. The van der Waals surface area contributed by atoms with Crippen molar-refractivity contribution in [2.75, 3.05) is 27.2 Å². The highest BCUT2D eigenvalue weighted by molar-refractivity contribution is 7.89. The number of halogens is 1. The summed E-state index contributed by atoms with van der Waals surface area (Å²) in [6, 6.07) is 10.0. The molecule has 1 aliphatic rings. The SMILES string of the molecule is COc1ccc(S(=O)(=O)N2CCC[C@@H](C(=O)N(C)Cc3ccc(Cl)s3)C2)cc1. The summed E-state index contributed by atoms with van der Waals surface area (Å²) in [5.41, 5.74) is 0. The number of carbonyl (C=O) groups excluding carboxylic acids is 1. The fourth-order valence-corrected chi connectivity index (χ4v) is 5.98. The summed E-state index contributed by atoms with van der Waals surface area (Å²) in [6.07, 6.45) is 1.34. The van der Waals surface area contributed by atoms with Crippen molar-refractivity contribution in [3.8, 4) is 5.75 Å². The van der Waals surface area contributed by atoms with E-state index in [1.807, 2.05) is 12.1 Å². The van der Waals surface area contributed by atoms with Gasteiger partial charge in [-0.3, -0.25) is 4.79 Å². The smallest absolute Gasteiger partial charge is 0.243 e. The van der Waals surface area contributed by atoms with E-state index in [0.29, 0.717) is 36.0 Å². The molecule has 1 aliphatic heterocycles. The van der Waals surface area contributed by atoms with Crippen molar-refractivity contribution in [1.82, 2.24) is 9.21 Å². The van der Waals surface area contributed by atoms with Gasteiger partial charge in [0.25, 0.3) is 0 Å². The molecular formula is C19H23ClN2O4S2. The minimum atomic E-state index is -3.64. The van der Waals surface area contributed by atoms with Gasteiger partial charge < -0.3 is 9.64 Å². The van der Waals surface area contributed by atoms with Gasteiger partial charge in [0.1, 0.15) is 5.75 Å². The fraction of sp³-hybridized carbons (Fsp3) is 0.421. The summed E-state index contributed by atoms with van der Waals surface area (Å²) >= 11 is 7.39. The van der Waals surface area contributed by atoms with Crippen LogP contribution in [0.3, 0.4) is 0 Å². The van der Waals surface area contributed by atoms with Crippen molar-refractivity contribution < 1.29 is 17.9 Å². The second-order valence-electron chi connectivity index (χ2n) is 6.78. The molecule has 0 radical (unpaired) electrons. The van der Waals surface area contributed by atoms with E-state index in [-0.39, 0.29) is 23.3 Å². The molecule has 1 aromatic carbocycles. The lowest BCUT2D eigenvalue weighted by Gasteiger charge is -2.33. The first kappa shape index (κ1) is 21.1. The zero-order valence-corrected chi connectivity index (χ0v) is 18.2. The Labute approximate surface area is 174 Å². The standard InChI is InChI=1S/C19H23ClN2O4S2/c1-21(13-16-7-10-18(20)27-16)19(23)14-4-3-11-22(12-14)28(24,25)17-8-5-15(26-2)6-9-17/h5-10,14H,3-4,11-13H2,1-2H3/t14-/m1/s1. The molecule has 0 aliphatic carbocycles. The molecule has 1 saturated heterocycles. The largest absolute Gasteiger partial charge is 0.497 e. The van der Waals surface area contributed by atoms with Crippen molar-refractivity contribution in [2.24, 2.45) is 5.92 Å². The number of hydrogen-bond donors (Lipinski definition) is 0. The van der Waals surface area contributed by atoms with Gasteiger partial charge in [-0.2, -0.15) is 4.31 Å². The fourth-order valence-electron chi connectivity index (χ4n) is 3.32. The molecule has 2 heterocycles. The third-order valence-electron chi connectivity index (χ3n) is 4.83. The average Bonchev–Trinajstić information content (AvgIpc) is 3.12. The zero-order valence-electron chi connectivity index (χ0n) is 15.8. The summed E-state index contributed by atoms with van der Waals surface area (Å²) in [5.74, 6) is 0.210. The number of benzene rings is 1. The predicted molar refractivity (Wildman–Crippen MR) is 110 cm³/mol. The van der Waals surface area contributed by atoms with Gasteiger partial charge in [0.15, 0.2) is 0 Å². The Hall–Kier alpha value is -1.61. The van der Waals surface area contributed by atoms with E-state index in [2.05, 4.69) is 0 Å². The van der Waals surface area contributed by atoms with Crippen LogP contribution in [0.2, 0.25) is 4.34 Å². The second kappa shape index (κ2) is 8.82. The molecule has 1 aromatic heterocycles. The Kier molecular flexibility index (Phi) is 6.65. The number of thiophene rings is 1. The maximum Gasteiger partial charge on any atom is 0.243 e. The maximum atomic E-state index is 13.0. The quantitative estimate of drug-likeness (QED) is 0.687. The molecule has 0 saturated carbocycles. The molecule has 0 N–H and O–H groups in total. The van der Waals surface area contributed by atoms with Crippen LogP contribution >= 0.6 is 22.9 Å². The van der Waals surface area contributed by atoms with Crippen LogP contribution in [-0.2, 0) is 21.4 Å². The highest BCUT2D eigenvalue weighted by Gasteiger charge is 2.34. The molecule has 3 rings (SSSR count). The molecule has 1 fully saturated rings. The molecule has 1 atom stereocenters. The third kappa shape index (κ3) is 4.68. The number of nitrogens with zero attached hydrogens (tertiary/aromatic N) is 2. The zero-order chi connectivity index (χ0) is 20.3. The van der Waals surface area contributed by atoms with Crippen molar-refractivity contribution in [2.45, 2.75) is 24.3 Å². The van der Waals surface area contributed by atoms with Crippen LogP contribution in [0.25, 0.3) is 0 Å². The van der Waals surface area contributed by atoms with Crippen molar-refractivity contribution >= 4 is 38.9 Å². The van der Waals surface area contributed by atoms with Gasteiger partial charge in [0.2, 0.25) is 15.9 Å². The van der Waals surface area contributed by atoms with Gasteiger partial charge in [-0.15, -0.1) is 11.3 Å². The summed E-state index contributed by atoms with van der Waals surface area (Å²) in [6.45, 7) is 1.09. The monoisotopic (exact) mass is 442 g/mol. The van der Waals surface area contributed by atoms with Gasteiger partial charge in [-0.25, -0.2) is 8.42 Å². The summed E-state index contributed by atoms with van der Waals surface area (Å²) in [5, 5.41) is 0. The van der Waals surface area contributed by atoms with Gasteiger partial charge in [-0.1, -0.05) is 11.6 Å². The normalized spacial score (nSPS) is 18.0. The van der Waals surface area contributed by atoms with E-state index < -0.39 is 10.0 Å². The van der Waals surface area contributed by atoms with E-state index in [9.17, 15) is 13.2 Å². The number of carbonyl (C=O) groups is 1. The lowest BCUT2D eigenvalue weighted by Crippen LogP contribution is -2.45. The average molecular weight is 443 g/mol. The van der Waals surface area contributed by atoms with Gasteiger partial charge in [0.05, 0.1) is 28.8 Å². The molecule has 0 spiro atoms. The molecule has 0 bridgehead atoms. The summed E-state index contributed by atoms with van der Waals surface area (Å²) < 4.78 is 33.1. The van der Waals surface area contributed by atoms with E-state index >= 15 is 0 Å². The van der Waals surface area contributed by atoms with Crippen LogP contribution in [0, 0.1) is 5.92 Å². The van der Waals surface area contributed by atoms with Crippen LogP contribution in [-0.4, -0.2) is 50.8 Å². The van der Waals surface area contributed by atoms with Gasteiger partial charge in [0, 0.05) is 25.0 Å². The Bertz CT molecular complexity index is 928. The third-order valence-corrected chi connectivity index (χ3v) is 7.92. The molecular weight excluding hydrogens is 420 g/mol. The maximum absolute atomic E-state index is 13.0. The number of rotatable bonds is 6.